The van der Waals surface area contributed by atoms with Crippen LogP contribution in [-0.4, -0.2) is 54.7 Å². The average Bonchev–Trinajstić information content (AvgIpc) is 2.94. The minimum absolute atomic E-state index is 0.307. The van der Waals surface area contributed by atoms with Crippen molar-refractivity contribution in [2.45, 2.75) is 19.4 Å². The first-order chi connectivity index (χ1) is 13.5. The van der Waals surface area contributed by atoms with Gasteiger partial charge in [-0.05, 0) is 25.0 Å². The molecule has 0 atom stereocenters. The van der Waals surface area contributed by atoms with Crippen LogP contribution in [0.1, 0.15) is 22.3 Å². The highest BCUT2D eigenvalue weighted by molar-refractivity contribution is 6.09. The van der Waals surface area contributed by atoms with Crippen LogP contribution in [0.25, 0.3) is 0 Å². The van der Waals surface area contributed by atoms with Crippen molar-refractivity contribution >= 4 is 11.9 Å². The second-order valence-electron chi connectivity index (χ2n) is 7.50. The van der Waals surface area contributed by atoms with Gasteiger partial charge in [0, 0.05) is 13.1 Å². The highest BCUT2D eigenvalue weighted by atomic mass is 16.5. The zero-order valence-corrected chi connectivity index (χ0v) is 16.3. The first-order valence-corrected chi connectivity index (χ1v) is 9.59. The van der Waals surface area contributed by atoms with E-state index in [4.69, 9.17) is 4.74 Å². The van der Waals surface area contributed by atoms with E-state index >= 15 is 0 Å². The first-order valence-electron chi connectivity index (χ1n) is 9.59. The molecule has 1 N–H and O–H groups in total. The molecule has 2 heterocycles. The van der Waals surface area contributed by atoms with Gasteiger partial charge in [-0.15, -0.1) is 0 Å². The number of morpholine rings is 1. The van der Waals surface area contributed by atoms with Gasteiger partial charge in [0.05, 0.1) is 19.9 Å². The Labute approximate surface area is 165 Å². The summed E-state index contributed by atoms with van der Waals surface area (Å²) in [5.74, 6) is -0.307. The number of benzene rings is 2. The number of amides is 3. The number of hydrogen-bond acceptors (Lipinski definition) is 4. The lowest BCUT2D eigenvalue weighted by atomic mass is 9.81. The molecule has 146 valence electrons. The summed E-state index contributed by atoms with van der Waals surface area (Å²) in [7, 11) is 0. The zero-order valence-electron chi connectivity index (χ0n) is 16.3. The third kappa shape index (κ3) is 3.08. The largest absolute Gasteiger partial charge is 0.379 e. The van der Waals surface area contributed by atoms with Crippen LogP contribution in [0.15, 0.2) is 48.5 Å². The van der Waals surface area contributed by atoms with Crippen molar-refractivity contribution in [1.29, 1.82) is 0 Å². The number of urea groups is 1. The number of aryl methyl sites for hydroxylation is 2. The molecule has 6 heteroatoms. The molecular formula is C22H25N3O3. The van der Waals surface area contributed by atoms with Crippen molar-refractivity contribution in [3.8, 4) is 0 Å². The predicted molar refractivity (Wildman–Crippen MR) is 106 cm³/mol. The highest BCUT2D eigenvalue weighted by Crippen LogP contribution is 2.40. The molecule has 0 bridgehead atoms. The van der Waals surface area contributed by atoms with E-state index in [1.54, 1.807) is 4.90 Å². The summed E-state index contributed by atoms with van der Waals surface area (Å²) in [6.45, 7) is 7.10. The Bertz CT molecular complexity index is 825. The normalized spacial score (nSPS) is 19.7. The van der Waals surface area contributed by atoms with Crippen molar-refractivity contribution in [2.24, 2.45) is 0 Å². The molecule has 2 aliphatic heterocycles. The number of rotatable bonds is 4. The minimum Gasteiger partial charge on any atom is -0.379 e. The monoisotopic (exact) mass is 379 g/mol. The lowest BCUT2D eigenvalue weighted by molar-refractivity contribution is -0.126. The number of imide groups is 1. The number of nitrogens with one attached hydrogen (secondary N) is 1. The fourth-order valence-electron chi connectivity index (χ4n) is 3.97. The zero-order chi connectivity index (χ0) is 19.7. The number of hydrogen-bond donors (Lipinski definition) is 1. The van der Waals surface area contributed by atoms with E-state index in [-0.39, 0.29) is 11.9 Å². The van der Waals surface area contributed by atoms with Gasteiger partial charge in [0.25, 0.3) is 5.91 Å². The fraction of sp³-hybridized carbons (Fsp3) is 0.364. The third-order valence-electron chi connectivity index (χ3n) is 5.58. The molecule has 2 saturated heterocycles. The summed E-state index contributed by atoms with van der Waals surface area (Å²) in [5, 5.41) is 2.56. The van der Waals surface area contributed by atoms with Gasteiger partial charge in [-0.1, -0.05) is 59.7 Å². The molecule has 0 aliphatic carbocycles. The summed E-state index contributed by atoms with van der Waals surface area (Å²) < 4.78 is 5.43. The first kappa shape index (κ1) is 18.7. The molecule has 2 aromatic carbocycles. The lowest BCUT2D eigenvalue weighted by Gasteiger charge is -2.40. The Balaban J connectivity index is 1.85. The Morgan fingerprint density at radius 1 is 0.893 bits per heavy atom. The molecule has 0 saturated carbocycles. The molecular weight excluding hydrogens is 354 g/mol. The van der Waals surface area contributed by atoms with Gasteiger partial charge >= 0.3 is 6.03 Å². The van der Waals surface area contributed by atoms with Crippen LogP contribution in [0.3, 0.4) is 0 Å². The molecule has 6 nitrogen and oxygen atoms in total. The van der Waals surface area contributed by atoms with Gasteiger partial charge in [-0.3, -0.25) is 19.9 Å². The fourth-order valence-corrected chi connectivity index (χ4v) is 3.97. The molecule has 28 heavy (non-hydrogen) atoms. The van der Waals surface area contributed by atoms with Gasteiger partial charge in [0.1, 0.15) is 0 Å². The Kier molecular flexibility index (Phi) is 4.91. The van der Waals surface area contributed by atoms with Gasteiger partial charge in [-0.25, -0.2) is 4.79 Å². The van der Waals surface area contributed by atoms with Crippen molar-refractivity contribution < 1.29 is 14.3 Å². The van der Waals surface area contributed by atoms with Gasteiger partial charge in [-0.2, -0.15) is 0 Å². The summed E-state index contributed by atoms with van der Waals surface area (Å²) in [6, 6.07) is 15.3. The van der Waals surface area contributed by atoms with Gasteiger partial charge in [0.2, 0.25) is 0 Å². The molecule has 4 rings (SSSR count). The summed E-state index contributed by atoms with van der Waals surface area (Å²) in [6.07, 6.45) is 0. The van der Waals surface area contributed by atoms with Crippen LogP contribution >= 0.6 is 0 Å². The van der Waals surface area contributed by atoms with Crippen molar-refractivity contribution in [1.82, 2.24) is 15.1 Å². The van der Waals surface area contributed by atoms with Gasteiger partial charge < -0.3 is 4.74 Å². The SMILES string of the molecule is Cc1ccc(C2(c3ccc(C)cc3)C(=O)NC(=O)N2CN2CCOCC2)cc1. The van der Waals surface area contributed by atoms with E-state index < -0.39 is 5.54 Å². The molecule has 2 fully saturated rings. The van der Waals surface area contributed by atoms with Crippen LogP contribution < -0.4 is 5.32 Å². The number of nitrogens with zero attached hydrogens (tertiary/aromatic N) is 2. The molecule has 2 aliphatic rings. The average molecular weight is 379 g/mol. The maximum absolute atomic E-state index is 13.3. The molecule has 0 radical (unpaired) electrons. The van der Waals surface area contributed by atoms with Crippen LogP contribution in [-0.2, 0) is 15.1 Å². The van der Waals surface area contributed by atoms with E-state index in [0.29, 0.717) is 19.9 Å². The number of carbonyl (C=O) groups excluding carboxylic acids is 2. The van der Waals surface area contributed by atoms with E-state index in [1.807, 2.05) is 62.4 Å². The number of ether oxygens (including phenoxy) is 1. The summed E-state index contributed by atoms with van der Waals surface area (Å²) in [5.41, 5.74) is 2.60. The van der Waals surface area contributed by atoms with E-state index in [2.05, 4.69) is 10.2 Å². The Hall–Kier alpha value is -2.70. The Morgan fingerprint density at radius 3 is 1.89 bits per heavy atom. The van der Waals surface area contributed by atoms with E-state index in [9.17, 15) is 9.59 Å². The van der Waals surface area contributed by atoms with Crippen LogP contribution in [0.5, 0.6) is 0 Å². The third-order valence-corrected chi connectivity index (χ3v) is 5.58. The van der Waals surface area contributed by atoms with Crippen LogP contribution in [0.2, 0.25) is 0 Å². The second kappa shape index (κ2) is 7.37. The predicted octanol–water partition coefficient (Wildman–Crippen LogP) is 2.39. The van der Waals surface area contributed by atoms with Crippen LogP contribution in [0, 0.1) is 13.8 Å². The van der Waals surface area contributed by atoms with E-state index in [0.717, 1.165) is 35.3 Å². The molecule has 0 aromatic heterocycles. The smallest absolute Gasteiger partial charge is 0.326 e. The standard InChI is InChI=1S/C22H25N3O3/c1-16-3-7-18(8-4-16)22(19-9-5-17(2)6-10-19)20(26)23-21(27)25(22)15-24-11-13-28-14-12-24/h3-10H,11-15H2,1-2H3,(H,23,26,27). The highest BCUT2D eigenvalue weighted by Gasteiger charge is 2.55. The second-order valence-corrected chi connectivity index (χ2v) is 7.50. The molecule has 0 spiro atoms. The number of carbonyl (C=O) groups is 2. The van der Waals surface area contributed by atoms with Gasteiger partial charge in [0.15, 0.2) is 5.54 Å². The van der Waals surface area contributed by atoms with Crippen molar-refractivity contribution in [2.75, 3.05) is 33.0 Å². The maximum Gasteiger partial charge on any atom is 0.326 e. The lowest BCUT2D eigenvalue weighted by Crippen LogP contribution is -2.53. The Morgan fingerprint density at radius 2 is 1.39 bits per heavy atom. The summed E-state index contributed by atoms with van der Waals surface area (Å²) >= 11 is 0. The molecule has 3 amide bonds. The molecule has 2 aromatic rings. The minimum atomic E-state index is -1.18. The quantitative estimate of drug-likeness (QED) is 0.829. The van der Waals surface area contributed by atoms with Crippen molar-refractivity contribution in [3.63, 3.8) is 0 Å². The topological polar surface area (TPSA) is 61.9 Å². The van der Waals surface area contributed by atoms with Crippen LogP contribution in [0.4, 0.5) is 4.79 Å². The summed E-state index contributed by atoms with van der Waals surface area (Å²) in [4.78, 5) is 30.0. The molecule has 0 unspecified atom stereocenters. The van der Waals surface area contributed by atoms with Crippen molar-refractivity contribution in [3.05, 3.63) is 70.8 Å². The maximum atomic E-state index is 13.3. The van der Waals surface area contributed by atoms with E-state index in [1.165, 1.54) is 0 Å².